The third-order valence-corrected chi connectivity index (χ3v) is 2.65. The van der Waals surface area contributed by atoms with E-state index in [4.69, 9.17) is 5.73 Å². The van der Waals surface area contributed by atoms with E-state index in [2.05, 4.69) is 5.32 Å². The van der Waals surface area contributed by atoms with Crippen molar-refractivity contribution in [2.24, 2.45) is 5.73 Å². The van der Waals surface area contributed by atoms with E-state index in [0.29, 0.717) is 6.54 Å². The molecule has 1 aromatic carbocycles. The van der Waals surface area contributed by atoms with E-state index in [1.165, 1.54) is 0 Å². The summed E-state index contributed by atoms with van der Waals surface area (Å²) in [6.45, 7) is 4.08. The van der Waals surface area contributed by atoms with Gasteiger partial charge in [-0.15, -0.1) is 0 Å². The molecule has 0 bridgehead atoms. The number of amides is 1. The van der Waals surface area contributed by atoms with Crippen LogP contribution in [0.15, 0.2) is 24.3 Å². The van der Waals surface area contributed by atoms with Crippen molar-refractivity contribution in [1.82, 2.24) is 4.90 Å². The van der Waals surface area contributed by atoms with Crippen LogP contribution in [0, 0.1) is 6.92 Å². The molecule has 1 aromatic rings. The Morgan fingerprint density at radius 1 is 1.56 bits per heavy atom. The van der Waals surface area contributed by atoms with Crippen LogP contribution in [0.3, 0.4) is 0 Å². The lowest BCUT2D eigenvalue weighted by atomic mass is 10.1. The molecule has 86 valence electrons. The van der Waals surface area contributed by atoms with Crippen LogP contribution >= 0.6 is 0 Å². The van der Waals surface area contributed by atoms with Gasteiger partial charge in [-0.3, -0.25) is 9.69 Å². The van der Waals surface area contributed by atoms with Gasteiger partial charge in [0.25, 0.3) is 0 Å². The average Bonchev–Trinajstić information content (AvgIpc) is 2.15. The minimum atomic E-state index is 0.0255. The molecule has 1 saturated heterocycles. The third-order valence-electron chi connectivity index (χ3n) is 2.65. The molecule has 1 aliphatic rings. The van der Waals surface area contributed by atoms with Gasteiger partial charge in [-0.05, 0) is 24.6 Å². The minimum absolute atomic E-state index is 0.0255. The second kappa shape index (κ2) is 4.63. The summed E-state index contributed by atoms with van der Waals surface area (Å²) in [5.74, 6) is 0.0255. The summed E-state index contributed by atoms with van der Waals surface area (Å²) in [4.78, 5) is 13.7. The molecule has 2 rings (SSSR count). The highest BCUT2D eigenvalue weighted by atomic mass is 16.2. The zero-order chi connectivity index (χ0) is 11.5. The van der Waals surface area contributed by atoms with Crippen molar-refractivity contribution in [2.75, 3.05) is 25.0 Å². The molecule has 4 heteroatoms. The summed E-state index contributed by atoms with van der Waals surface area (Å²) in [7, 11) is 0. The van der Waals surface area contributed by atoms with Crippen molar-refractivity contribution in [2.45, 2.75) is 13.0 Å². The van der Waals surface area contributed by atoms with Gasteiger partial charge in [0, 0.05) is 24.8 Å². The van der Waals surface area contributed by atoms with E-state index in [-0.39, 0.29) is 11.9 Å². The number of hydrogen-bond donors (Lipinski definition) is 2. The van der Waals surface area contributed by atoms with Gasteiger partial charge >= 0.3 is 0 Å². The predicted octanol–water partition coefficient (Wildman–Crippen LogP) is 0.576. The van der Waals surface area contributed by atoms with E-state index in [1.54, 1.807) is 0 Å². The molecule has 1 fully saturated rings. The highest BCUT2D eigenvalue weighted by molar-refractivity contribution is 5.92. The van der Waals surface area contributed by atoms with Gasteiger partial charge in [0.05, 0.1) is 6.54 Å². The molecule has 4 nitrogen and oxygen atoms in total. The molecule has 0 atom stereocenters. The van der Waals surface area contributed by atoms with Crippen molar-refractivity contribution in [3.05, 3.63) is 29.8 Å². The van der Waals surface area contributed by atoms with Crippen LogP contribution in [0.5, 0.6) is 0 Å². The standard InChI is InChI=1S/C12H17N3O/c1-9-3-2-4-11(5-9)14-12(16)8-15-6-10(13)7-15/h2-5,10H,6-8,13H2,1H3,(H,14,16). The number of nitrogens with two attached hydrogens (primary N) is 1. The van der Waals surface area contributed by atoms with Crippen molar-refractivity contribution < 1.29 is 4.79 Å². The maximum atomic E-state index is 11.6. The maximum absolute atomic E-state index is 11.6. The fourth-order valence-electron chi connectivity index (χ4n) is 1.87. The minimum Gasteiger partial charge on any atom is -0.325 e. The average molecular weight is 219 g/mol. The topological polar surface area (TPSA) is 58.4 Å². The highest BCUT2D eigenvalue weighted by Gasteiger charge is 2.24. The van der Waals surface area contributed by atoms with Crippen LogP contribution in [0.1, 0.15) is 5.56 Å². The molecule has 0 aromatic heterocycles. The number of carbonyl (C=O) groups is 1. The van der Waals surface area contributed by atoms with Crippen LogP contribution in [0.2, 0.25) is 0 Å². The normalized spacial score (nSPS) is 16.9. The Morgan fingerprint density at radius 2 is 2.31 bits per heavy atom. The summed E-state index contributed by atoms with van der Waals surface area (Å²) < 4.78 is 0. The van der Waals surface area contributed by atoms with Gasteiger partial charge in [0.2, 0.25) is 5.91 Å². The Bertz CT molecular complexity index is 386. The van der Waals surface area contributed by atoms with Gasteiger partial charge in [-0.25, -0.2) is 0 Å². The molecule has 3 N–H and O–H groups in total. The number of aryl methyl sites for hydroxylation is 1. The number of nitrogens with one attached hydrogen (secondary N) is 1. The number of anilines is 1. The molecule has 1 amide bonds. The maximum Gasteiger partial charge on any atom is 0.238 e. The fraction of sp³-hybridized carbons (Fsp3) is 0.417. The Kier molecular flexibility index (Phi) is 3.22. The largest absolute Gasteiger partial charge is 0.325 e. The van der Waals surface area contributed by atoms with E-state index in [9.17, 15) is 4.79 Å². The smallest absolute Gasteiger partial charge is 0.238 e. The van der Waals surface area contributed by atoms with Gasteiger partial charge in [-0.2, -0.15) is 0 Å². The number of nitrogens with zero attached hydrogens (tertiary/aromatic N) is 1. The summed E-state index contributed by atoms with van der Waals surface area (Å²) >= 11 is 0. The second-order valence-corrected chi connectivity index (χ2v) is 4.37. The Morgan fingerprint density at radius 3 is 2.94 bits per heavy atom. The number of rotatable bonds is 3. The molecule has 1 heterocycles. The van der Waals surface area contributed by atoms with Gasteiger partial charge in [0.15, 0.2) is 0 Å². The first-order valence-electron chi connectivity index (χ1n) is 5.48. The summed E-state index contributed by atoms with van der Waals surface area (Å²) in [5.41, 5.74) is 7.64. The van der Waals surface area contributed by atoms with Crippen LogP contribution < -0.4 is 11.1 Å². The number of likely N-dealkylation sites (tertiary alicyclic amines) is 1. The monoisotopic (exact) mass is 219 g/mol. The first kappa shape index (κ1) is 11.1. The SMILES string of the molecule is Cc1cccc(NC(=O)CN2CC(N)C2)c1. The summed E-state index contributed by atoms with van der Waals surface area (Å²) in [5, 5.41) is 2.88. The van der Waals surface area contributed by atoms with E-state index < -0.39 is 0 Å². The van der Waals surface area contributed by atoms with Crippen LogP contribution in [0.4, 0.5) is 5.69 Å². The van der Waals surface area contributed by atoms with Crippen molar-refractivity contribution in [3.8, 4) is 0 Å². The van der Waals surface area contributed by atoms with Gasteiger partial charge < -0.3 is 11.1 Å². The quantitative estimate of drug-likeness (QED) is 0.781. The van der Waals surface area contributed by atoms with Crippen molar-refractivity contribution in [3.63, 3.8) is 0 Å². The van der Waals surface area contributed by atoms with Crippen LogP contribution in [-0.2, 0) is 4.79 Å². The molecule has 0 saturated carbocycles. The Hall–Kier alpha value is -1.39. The molecule has 0 radical (unpaired) electrons. The lowest BCUT2D eigenvalue weighted by Gasteiger charge is -2.36. The van der Waals surface area contributed by atoms with E-state index in [0.717, 1.165) is 24.3 Å². The first-order valence-corrected chi connectivity index (χ1v) is 5.48. The first-order chi connectivity index (χ1) is 7.63. The number of carbonyl (C=O) groups excluding carboxylic acids is 1. The lowest BCUT2D eigenvalue weighted by Crippen LogP contribution is -2.57. The zero-order valence-corrected chi connectivity index (χ0v) is 9.44. The summed E-state index contributed by atoms with van der Waals surface area (Å²) in [6, 6.07) is 8.04. The van der Waals surface area contributed by atoms with Crippen LogP contribution in [0.25, 0.3) is 0 Å². The molecule has 0 unspecified atom stereocenters. The number of hydrogen-bond acceptors (Lipinski definition) is 3. The Balaban J connectivity index is 1.83. The molecule has 0 spiro atoms. The van der Waals surface area contributed by atoms with E-state index >= 15 is 0 Å². The predicted molar refractivity (Wildman–Crippen MR) is 64.2 cm³/mol. The van der Waals surface area contributed by atoms with Crippen molar-refractivity contribution in [1.29, 1.82) is 0 Å². The molecule has 1 aliphatic heterocycles. The number of benzene rings is 1. The van der Waals surface area contributed by atoms with Gasteiger partial charge in [0.1, 0.15) is 0 Å². The Labute approximate surface area is 95.4 Å². The molecular weight excluding hydrogens is 202 g/mol. The fourth-order valence-corrected chi connectivity index (χ4v) is 1.87. The van der Waals surface area contributed by atoms with Crippen molar-refractivity contribution >= 4 is 11.6 Å². The summed E-state index contributed by atoms with van der Waals surface area (Å²) in [6.07, 6.45) is 0. The zero-order valence-electron chi connectivity index (χ0n) is 9.44. The van der Waals surface area contributed by atoms with Crippen LogP contribution in [-0.4, -0.2) is 36.5 Å². The molecule has 0 aliphatic carbocycles. The molecular formula is C12H17N3O. The lowest BCUT2D eigenvalue weighted by molar-refractivity contribution is -0.118. The third kappa shape index (κ3) is 2.81. The van der Waals surface area contributed by atoms with Gasteiger partial charge in [-0.1, -0.05) is 12.1 Å². The highest BCUT2D eigenvalue weighted by Crippen LogP contribution is 2.10. The van der Waals surface area contributed by atoms with E-state index in [1.807, 2.05) is 36.1 Å². The molecule has 16 heavy (non-hydrogen) atoms. The second-order valence-electron chi connectivity index (χ2n) is 4.37.